The fraction of sp³-hybridized carbons (Fsp3) is 0.263. The summed E-state index contributed by atoms with van der Waals surface area (Å²) in [6, 6.07) is 7.97. The van der Waals surface area contributed by atoms with Crippen LogP contribution in [0.15, 0.2) is 36.8 Å². The molecular weight excluding hydrogens is 330 g/mol. The van der Waals surface area contributed by atoms with Crippen molar-refractivity contribution in [3.8, 4) is 17.0 Å². The molecule has 0 unspecified atom stereocenters. The molecule has 1 aromatic carbocycles. The first-order valence-electron chi connectivity index (χ1n) is 8.43. The molecule has 0 saturated carbocycles. The number of amides is 1. The number of hydrogen-bond acceptors (Lipinski definition) is 6. The summed E-state index contributed by atoms with van der Waals surface area (Å²) in [7, 11) is 1.60. The molecule has 2 aromatic heterocycles. The fourth-order valence-electron chi connectivity index (χ4n) is 3.24. The molecule has 0 atom stereocenters. The first-order valence-corrected chi connectivity index (χ1v) is 8.43. The van der Waals surface area contributed by atoms with Crippen LogP contribution in [-0.2, 0) is 4.79 Å². The largest absolute Gasteiger partial charge is 0.481 e. The van der Waals surface area contributed by atoms with Gasteiger partial charge in [-0.1, -0.05) is 0 Å². The van der Waals surface area contributed by atoms with Crippen molar-refractivity contribution < 1.29 is 9.53 Å². The van der Waals surface area contributed by atoms with Gasteiger partial charge in [0.25, 0.3) is 0 Å². The van der Waals surface area contributed by atoms with Crippen molar-refractivity contribution >= 4 is 22.6 Å². The fourth-order valence-corrected chi connectivity index (χ4v) is 3.24. The maximum absolute atomic E-state index is 11.8. The molecule has 0 radical (unpaired) electrons. The van der Waals surface area contributed by atoms with Crippen LogP contribution in [0.2, 0.25) is 0 Å². The monoisotopic (exact) mass is 349 g/mol. The van der Waals surface area contributed by atoms with Crippen molar-refractivity contribution in [2.45, 2.75) is 6.92 Å². The number of ether oxygens (including phenoxy) is 1. The van der Waals surface area contributed by atoms with Gasteiger partial charge in [-0.05, 0) is 36.2 Å². The zero-order valence-electron chi connectivity index (χ0n) is 14.7. The lowest BCUT2D eigenvalue weighted by Gasteiger charge is -2.28. The average Bonchev–Trinajstić information content (AvgIpc) is 2.67. The number of carbonyl (C=O) groups excluding carboxylic acids is 1. The highest BCUT2D eigenvalue weighted by Gasteiger charge is 2.20. The molecule has 26 heavy (non-hydrogen) atoms. The molecule has 3 aromatic rings. The number of pyridine rings is 1. The van der Waals surface area contributed by atoms with E-state index < -0.39 is 0 Å². The van der Waals surface area contributed by atoms with Gasteiger partial charge < -0.3 is 15.0 Å². The molecule has 1 aliphatic rings. The minimum Gasteiger partial charge on any atom is -0.481 e. The van der Waals surface area contributed by atoms with Gasteiger partial charge >= 0.3 is 0 Å². The summed E-state index contributed by atoms with van der Waals surface area (Å²) in [5.41, 5.74) is 3.97. The van der Waals surface area contributed by atoms with Gasteiger partial charge in [-0.3, -0.25) is 4.79 Å². The standard InChI is InChI=1S/C19H19N5O2/c1-12-7-14(13-3-4-17(26-2)21-9-13)8-15-18(12)22-11-23-19(15)24-6-5-20-16(25)10-24/h3-4,7-9,11H,5-6,10H2,1-2H3,(H,20,25). The van der Waals surface area contributed by atoms with Crippen LogP contribution >= 0.6 is 0 Å². The van der Waals surface area contributed by atoms with Crippen LogP contribution in [0, 0.1) is 6.92 Å². The van der Waals surface area contributed by atoms with Gasteiger partial charge in [0.15, 0.2) is 0 Å². The molecule has 0 spiro atoms. The minimum atomic E-state index is 0.00948. The van der Waals surface area contributed by atoms with Crippen LogP contribution < -0.4 is 15.0 Å². The van der Waals surface area contributed by atoms with E-state index in [1.165, 1.54) is 0 Å². The van der Waals surface area contributed by atoms with Crippen molar-refractivity contribution in [3.63, 3.8) is 0 Å². The molecule has 4 rings (SSSR count). The summed E-state index contributed by atoms with van der Waals surface area (Å²) in [4.78, 5) is 27.0. The number of fused-ring (bicyclic) bond motifs is 1. The highest BCUT2D eigenvalue weighted by molar-refractivity contribution is 5.96. The van der Waals surface area contributed by atoms with Crippen molar-refractivity contribution in [3.05, 3.63) is 42.4 Å². The number of methoxy groups -OCH3 is 1. The molecule has 1 aliphatic heterocycles. The van der Waals surface area contributed by atoms with Gasteiger partial charge in [0.2, 0.25) is 11.8 Å². The predicted octanol–water partition coefficient (Wildman–Crippen LogP) is 1.95. The van der Waals surface area contributed by atoms with E-state index in [-0.39, 0.29) is 5.91 Å². The summed E-state index contributed by atoms with van der Waals surface area (Å²) >= 11 is 0. The third-order valence-electron chi connectivity index (χ3n) is 4.52. The Bertz CT molecular complexity index is 972. The van der Waals surface area contributed by atoms with E-state index in [0.29, 0.717) is 19.0 Å². The number of aryl methyl sites for hydroxylation is 1. The van der Waals surface area contributed by atoms with E-state index in [0.717, 1.165) is 40.0 Å². The molecule has 1 saturated heterocycles. The van der Waals surface area contributed by atoms with Crippen LogP contribution in [0.5, 0.6) is 5.88 Å². The number of carbonyl (C=O) groups is 1. The van der Waals surface area contributed by atoms with Gasteiger partial charge in [0, 0.05) is 36.3 Å². The Morgan fingerprint density at radius 2 is 2.04 bits per heavy atom. The maximum atomic E-state index is 11.8. The second-order valence-electron chi connectivity index (χ2n) is 6.25. The summed E-state index contributed by atoms with van der Waals surface area (Å²) in [5, 5.41) is 3.78. The predicted molar refractivity (Wildman–Crippen MR) is 99.3 cm³/mol. The van der Waals surface area contributed by atoms with E-state index in [4.69, 9.17) is 4.74 Å². The van der Waals surface area contributed by atoms with Crippen LogP contribution in [0.3, 0.4) is 0 Å². The number of aromatic nitrogens is 3. The number of anilines is 1. The molecule has 7 nitrogen and oxygen atoms in total. The van der Waals surface area contributed by atoms with Crippen molar-refractivity contribution in [2.24, 2.45) is 0 Å². The number of piperazine rings is 1. The first-order chi connectivity index (χ1) is 12.7. The van der Waals surface area contributed by atoms with Crippen LogP contribution in [0.25, 0.3) is 22.0 Å². The molecule has 1 fully saturated rings. The van der Waals surface area contributed by atoms with Crippen molar-refractivity contribution in [1.29, 1.82) is 0 Å². The van der Waals surface area contributed by atoms with E-state index in [1.54, 1.807) is 19.6 Å². The van der Waals surface area contributed by atoms with Gasteiger partial charge in [-0.25, -0.2) is 15.0 Å². The quantitative estimate of drug-likeness (QED) is 0.778. The summed E-state index contributed by atoms with van der Waals surface area (Å²) in [6.45, 7) is 3.68. The Labute approximate surface area is 151 Å². The summed E-state index contributed by atoms with van der Waals surface area (Å²) in [6.07, 6.45) is 3.35. The Kier molecular flexibility index (Phi) is 4.12. The van der Waals surface area contributed by atoms with Crippen LogP contribution in [0.4, 0.5) is 5.82 Å². The number of nitrogens with one attached hydrogen (secondary N) is 1. The van der Waals surface area contributed by atoms with Crippen molar-refractivity contribution in [2.75, 3.05) is 31.6 Å². The van der Waals surface area contributed by atoms with Gasteiger partial charge in [0.05, 0.1) is 19.2 Å². The normalized spacial score (nSPS) is 14.4. The SMILES string of the molecule is COc1ccc(-c2cc(C)c3ncnc(N4CCNC(=O)C4)c3c2)cn1. The van der Waals surface area contributed by atoms with Gasteiger partial charge in [0.1, 0.15) is 12.1 Å². The highest BCUT2D eigenvalue weighted by atomic mass is 16.5. The average molecular weight is 349 g/mol. The molecule has 1 N–H and O–H groups in total. The lowest BCUT2D eigenvalue weighted by Crippen LogP contribution is -2.48. The number of benzene rings is 1. The number of rotatable bonds is 3. The Balaban J connectivity index is 1.83. The van der Waals surface area contributed by atoms with Gasteiger partial charge in [-0.2, -0.15) is 0 Å². The lowest BCUT2D eigenvalue weighted by atomic mass is 10.0. The molecule has 0 bridgehead atoms. The van der Waals surface area contributed by atoms with E-state index in [2.05, 4.69) is 32.4 Å². The van der Waals surface area contributed by atoms with Crippen molar-refractivity contribution in [1.82, 2.24) is 20.3 Å². The highest BCUT2D eigenvalue weighted by Crippen LogP contribution is 2.31. The third kappa shape index (κ3) is 2.92. The third-order valence-corrected chi connectivity index (χ3v) is 4.52. The van der Waals surface area contributed by atoms with Crippen LogP contribution in [0.1, 0.15) is 5.56 Å². The molecule has 1 amide bonds. The lowest BCUT2D eigenvalue weighted by molar-refractivity contribution is -0.120. The Morgan fingerprint density at radius 1 is 1.15 bits per heavy atom. The second-order valence-corrected chi connectivity index (χ2v) is 6.25. The maximum Gasteiger partial charge on any atom is 0.239 e. The zero-order chi connectivity index (χ0) is 18.1. The molecule has 132 valence electrons. The molecular formula is C19H19N5O2. The summed E-state index contributed by atoms with van der Waals surface area (Å²) < 4.78 is 5.13. The minimum absolute atomic E-state index is 0.00948. The Hall–Kier alpha value is -3.22. The van der Waals surface area contributed by atoms with Crippen LogP contribution in [-0.4, -0.2) is 47.6 Å². The topological polar surface area (TPSA) is 80.2 Å². The van der Waals surface area contributed by atoms with E-state index in [1.807, 2.05) is 24.0 Å². The number of nitrogens with zero attached hydrogens (tertiary/aromatic N) is 4. The summed E-state index contributed by atoms with van der Waals surface area (Å²) in [5.74, 6) is 1.38. The van der Waals surface area contributed by atoms with Gasteiger partial charge in [-0.15, -0.1) is 0 Å². The zero-order valence-corrected chi connectivity index (χ0v) is 14.7. The van der Waals surface area contributed by atoms with E-state index >= 15 is 0 Å². The second kappa shape index (κ2) is 6.59. The Morgan fingerprint density at radius 3 is 2.77 bits per heavy atom. The first kappa shape index (κ1) is 16.3. The van der Waals surface area contributed by atoms with E-state index in [9.17, 15) is 4.79 Å². The molecule has 7 heteroatoms. The number of hydrogen-bond donors (Lipinski definition) is 1. The smallest absolute Gasteiger partial charge is 0.239 e. The molecule has 3 heterocycles. The molecule has 0 aliphatic carbocycles.